The Kier molecular flexibility index (Phi) is 6.31. The molecule has 186 valence electrons. The Labute approximate surface area is 203 Å². The molecule has 3 heterocycles. The summed E-state index contributed by atoms with van der Waals surface area (Å²) in [5, 5.41) is 2.23. The molecule has 10 heteroatoms. The van der Waals surface area contributed by atoms with Crippen LogP contribution in [-0.2, 0) is 19.1 Å². The molecule has 1 aromatic rings. The quantitative estimate of drug-likeness (QED) is 0.498. The van der Waals surface area contributed by atoms with Crippen LogP contribution < -0.4 is 10.2 Å². The minimum Gasteiger partial charge on any atom is -0.469 e. The van der Waals surface area contributed by atoms with Gasteiger partial charge in [0, 0.05) is 38.6 Å². The van der Waals surface area contributed by atoms with Gasteiger partial charge in [-0.15, -0.1) is 0 Å². The lowest BCUT2D eigenvalue weighted by Crippen LogP contribution is -2.54. The fraction of sp³-hybridized carbons (Fsp3) is 0.560. The molecular formula is C25H30N4O6. The van der Waals surface area contributed by atoms with Gasteiger partial charge in [-0.2, -0.15) is 0 Å². The van der Waals surface area contributed by atoms with Crippen molar-refractivity contribution in [3.05, 3.63) is 29.3 Å². The number of carbonyl (C=O) groups is 5. The third-order valence-corrected chi connectivity index (χ3v) is 7.85. The largest absolute Gasteiger partial charge is 0.469 e. The smallest absolute Gasteiger partial charge is 0.308 e. The van der Waals surface area contributed by atoms with Gasteiger partial charge in [-0.1, -0.05) is 6.07 Å². The number of amides is 4. The van der Waals surface area contributed by atoms with Gasteiger partial charge in [0.15, 0.2) is 0 Å². The van der Waals surface area contributed by atoms with Crippen molar-refractivity contribution in [3.63, 3.8) is 0 Å². The molecule has 35 heavy (non-hydrogen) atoms. The highest BCUT2D eigenvalue weighted by atomic mass is 16.5. The highest BCUT2D eigenvalue weighted by Crippen LogP contribution is 2.35. The van der Waals surface area contributed by atoms with Crippen LogP contribution in [0.3, 0.4) is 0 Å². The Bertz CT molecular complexity index is 1070. The summed E-state index contributed by atoms with van der Waals surface area (Å²) < 4.78 is 4.89. The second-order valence-corrected chi connectivity index (χ2v) is 9.70. The van der Waals surface area contributed by atoms with Crippen LogP contribution in [0.25, 0.3) is 0 Å². The number of ether oxygens (including phenoxy) is 1. The maximum absolute atomic E-state index is 13.4. The lowest BCUT2D eigenvalue weighted by Gasteiger charge is -2.42. The van der Waals surface area contributed by atoms with Crippen molar-refractivity contribution in [1.82, 2.24) is 15.1 Å². The molecule has 5 rings (SSSR count). The lowest BCUT2D eigenvalue weighted by molar-refractivity contribution is -0.147. The van der Waals surface area contributed by atoms with Gasteiger partial charge in [0.2, 0.25) is 11.8 Å². The summed E-state index contributed by atoms with van der Waals surface area (Å²) in [6.45, 7) is 3.09. The van der Waals surface area contributed by atoms with Crippen molar-refractivity contribution in [3.8, 4) is 0 Å². The number of piperazine rings is 1. The van der Waals surface area contributed by atoms with E-state index in [0.29, 0.717) is 35.9 Å². The minimum atomic E-state index is -0.968. The summed E-state index contributed by atoms with van der Waals surface area (Å²) in [4.78, 5) is 67.8. The topological polar surface area (TPSA) is 116 Å². The Morgan fingerprint density at radius 3 is 2.31 bits per heavy atom. The van der Waals surface area contributed by atoms with E-state index in [2.05, 4.69) is 15.1 Å². The number of imide groups is 2. The molecule has 3 fully saturated rings. The monoisotopic (exact) mass is 482 g/mol. The van der Waals surface area contributed by atoms with Gasteiger partial charge in [0.05, 0.1) is 29.8 Å². The van der Waals surface area contributed by atoms with E-state index in [1.807, 2.05) is 6.07 Å². The van der Waals surface area contributed by atoms with Gasteiger partial charge in [-0.3, -0.25) is 39.1 Å². The highest BCUT2D eigenvalue weighted by Gasteiger charge is 2.46. The zero-order valence-corrected chi connectivity index (χ0v) is 19.8. The average molecular weight is 483 g/mol. The van der Waals surface area contributed by atoms with Gasteiger partial charge in [-0.25, -0.2) is 0 Å². The Balaban J connectivity index is 1.26. The predicted molar refractivity (Wildman–Crippen MR) is 125 cm³/mol. The van der Waals surface area contributed by atoms with E-state index in [1.165, 1.54) is 7.11 Å². The van der Waals surface area contributed by atoms with Gasteiger partial charge in [0.1, 0.15) is 6.04 Å². The molecule has 4 aliphatic rings. The van der Waals surface area contributed by atoms with Crippen LogP contribution in [0.5, 0.6) is 0 Å². The molecule has 1 N–H and O–H groups in total. The number of nitrogens with zero attached hydrogens (tertiary/aromatic N) is 3. The first-order valence-electron chi connectivity index (χ1n) is 12.3. The molecule has 2 saturated heterocycles. The molecule has 4 amide bonds. The number of rotatable bonds is 4. The molecule has 1 aliphatic carbocycles. The van der Waals surface area contributed by atoms with E-state index in [9.17, 15) is 24.0 Å². The van der Waals surface area contributed by atoms with Crippen LogP contribution in [0.4, 0.5) is 5.69 Å². The fourth-order valence-corrected chi connectivity index (χ4v) is 5.93. The number of esters is 1. The summed E-state index contributed by atoms with van der Waals surface area (Å²) in [5.74, 6) is -2.06. The average Bonchev–Trinajstić information content (AvgIpc) is 3.14. The van der Waals surface area contributed by atoms with Crippen LogP contribution >= 0.6 is 0 Å². The third-order valence-electron chi connectivity index (χ3n) is 7.85. The number of benzene rings is 1. The second kappa shape index (κ2) is 9.41. The maximum atomic E-state index is 13.4. The Morgan fingerprint density at radius 1 is 0.943 bits per heavy atom. The fourth-order valence-electron chi connectivity index (χ4n) is 5.93. The van der Waals surface area contributed by atoms with Crippen molar-refractivity contribution >= 4 is 35.3 Å². The van der Waals surface area contributed by atoms with E-state index in [-0.39, 0.29) is 30.6 Å². The van der Waals surface area contributed by atoms with Crippen LogP contribution in [0.2, 0.25) is 0 Å². The molecule has 0 aromatic heterocycles. The standard InChI is InChI=1S/C25H30N4O6/c1-35-25(34)15-5-7-16(8-6-15)27-11-13-28(14-12-27)18-4-2-3-17-21(18)24(33)29(23(17)32)19-9-10-20(30)26-22(19)31/h2-4,15-16,19H,5-14H2,1H3,(H,26,30,31). The molecule has 10 nitrogen and oxygen atoms in total. The molecule has 1 unspecified atom stereocenters. The maximum Gasteiger partial charge on any atom is 0.308 e. The van der Waals surface area contributed by atoms with Crippen LogP contribution in [0.1, 0.15) is 59.2 Å². The van der Waals surface area contributed by atoms with Crippen molar-refractivity contribution in [2.24, 2.45) is 5.92 Å². The Hall–Kier alpha value is -3.27. The second-order valence-electron chi connectivity index (χ2n) is 9.70. The first-order chi connectivity index (χ1) is 16.9. The molecule has 1 atom stereocenters. The zero-order valence-electron chi connectivity index (χ0n) is 19.8. The number of piperidine rings is 1. The van der Waals surface area contributed by atoms with E-state index < -0.39 is 23.8 Å². The summed E-state index contributed by atoms with van der Waals surface area (Å²) in [5.41, 5.74) is 1.36. The molecular weight excluding hydrogens is 452 g/mol. The number of fused-ring (bicyclic) bond motifs is 1. The van der Waals surface area contributed by atoms with Gasteiger partial charge in [-0.05, 0) is 44.2 Å². The van der Waals surface area contributed by atoms with Crippen LogP contribution in [-0.4, -0.2) is 84.8 Å². The highest BCUT2D eigenvalue weighted by molar-refractivity contribution is 6.25. The summed E-state index contributed by atoms with van der Waals surface area (Å²) >= 11 is 0. The number of carbonyl (C=O) groups excluding carboxylic acids is 5. The van der Waals surface area contributed by atoms with E-state index in [0.717, 1.165) is 43.7 Å². The van der Waals surface area contributed by atoms with Gasteiger partial charge < -0.3 is 9.64 Å². The normalized spacial score (nSPS) is 27.6. The summed E-state index contributed by atoms with van der Waals surface area (Å²) in [6.07, 6.45) is 3.86. The summed E-state index contributed by atoms with van der Waals surface area (Å²) in [7, 11) is 1.44. The zero-order chi connectivity index (χ0) is 24.7. The van der Waals surface area contributed by atoms with Crippen molar-refractivity contribution < 1.29 is 28.7 Å². The van der Waals surface area contributed by atoms with Crippen LogP contribution in [0.15, 0.2) is 18.2 Å². The first kappa shape index (κ1) is 23.5. The van der Waals surface area contributed by atoms with E-state index in [4.69, 9.17) is 4.74 Å². The van der Waals surface area contributed by atoms with Gasteiger partial charge in [0.25, 0.3) is 11.8 Å². The van der Waals surface area contributed by atoms with E-state index in [1.54, 1.807) is 12.1 Å². The van der Waals surface area contributed by atoms with Crippen molar-refractivity contribution in [2.45, 2.75) is 50.6 Å². The third kappa shape index (κ3) is 4.20. The number of hydrogen-bond donors (Lipinski definition) is 1. The van der Waals surface area contributed by atoms with Crippen LogP contribution in [0, 0.1) is 5.92 Å². The summed E-state index contributed by atoms with van der Waals surface area (Å²) in [6, 6.07) is 4.72. The van der Waals surface area contributed by atoms with Crippen molar-refractivity contribution in [1.29, 1.82) is 0 Å². The first-order valence-corrected chi connectivity index (χ1v) is 12.3. The molecule has 0 radical (unpaired) electrons. The molecule has 3 aliphatic heterocycles. The molecule has 0 spiro atoms. The lowest BCUT2D eigenvalue weighted by atomic mass is 9.85. The number of nitrogens with one attached hydrogen (secondary N) is 1. The van der Waals surface area contributed by atoms with Crippen molar-refractivity contribution in [2.75, 3.05) is 38.2 Å². The number of hydrogen-bond acceptors (Lipinski definition) is 8. The Morgan fingerprint density at radius 2 is 1.66 bits per heavy atom. The molecule has 0 bridgehead atoms. The molecule has 1 saturated carbocycles. The minimum absolute atomic E-state index is 0.000284. The van der Waals surface area contributed by atoms with Gasteiger partial charge >= 0.3 is 5.97 Å². The van der Waals surface area contributed by atoms with E-state index >= 15 is 0 Å². The SMILES string of the molecule is COC(=O)C1CCC(N2CCN(c3cccc4c3C(=O)N(C3CCC(=O)NC3=O)C4=O)CC2)CC1. The molecule has 1 aromatic carbocycles. The predicted octanol–water partition coefficient (Wildman–Crippen LogP) is 0.942. The number of methoxy groups -OCH3 is 1. The number of anilines is 1.